The van der Waals surface area contributed by atoms with Gasteiger partial charge in [-0.05, 0) is 42.5 Å². The molecular weight excluding hydrogens is 278 g/mol. The Balaban J connectivity index is 1.56. The van der Waals surface area contributed by atoms with Crippen LogP contribution in [0, 0.1) is 5.92 Å². The number of carbonyl (C=O) groups excluding carboxylic acids is 1. The summed E-state index contributed by atoms with van der Waals surface area (Å²) in [6, 6.07) is 9.67. The minimum absolute atomic E-state index is 0.0338. The van der Waals surface area contributed by atoms with Crippen molar-refractivity contribution in [3.8, 4) is 5.69 Å². The number of aromatic nitrogens is 2. The molecule has 1 saturated carbocycles. The van der Waals surface area contributed by atoms with Gasteiger partial charge in [-0.15, -0.1) is 0 Å². The van der Waals surface area contributed by atoms with Crippen LogP contribution >= 0.6 is 0 Å². The summed E-state index contributed by atoms with van der Waals surface area (Å²) < 4.78 is 1.78. The first-order valence-corrected chi connectivity index (χ1v) is 7.64. The Morgan fingerprint density at radius 1 is 1.41 bits per heavy atom. The Morgan fingerprint density at radius 3 is 2.73 bits per heavy atom. The Labute approximate surface area is 130 Å². The summed E-state index contributed by atoms with van der Waals surface area (Å²) in [7, 11) is 1.76. The largest absolute Gasteiger partial charge is 0.391 e. The minimum atomic E-state index is -0.379. The molecule has 0 bridgehead atoms. The third-order valence-electron chi connectivity index (χ3n) is 4.11. The van der Waals surface area contributed by atoms with E-state index in [2.05, 4.69) is 5.10 Å². The number of hydrogen-bond donors (Lipinski definition) is 1. The van der Waals surface area contributed by atoms with Gasteiger partial charge >= 0.3 is 0 Å². The molecule has 3 rings (SSSR count). The quantitative estimate of drug-likeness (QED) is 0.882. The maximum atomic E-state index is 12.2. The van der Waals surface area contributed by atoms with E-state index in [1.807, 2.05) is 36.5 Å². The third kappa shape index (κ3) is 3.54. The van der Waals surface area contributed by atoms with E-state index in [1.165, 1.54) is 0 Å². The van der Waals surface area contributed by atoms with Gasteiger partial charge in [-0.2, -0.15) is 5.10 Å². The summed E-state index contributed by atoms with van der Waals surface area (Å²) in [4.78, 5) is 13.8. The van der Waals surface area contributed by atoms with Crippen molar-refractivity contribution in [2.45, 2.75) is 25.4 Å². The van der Waals surface area contributed by atoms with Crippen LogP contribution in [-0.2, 0) is 11.2 Å². The summed E-state index contributed by atoms with van der Waals surface area (Å²) in [5.74, 6) is 0.426. The fraction of sp³-hybridized carbons (Fsp3) is 0.412. The van der Waals surface area contributed by atoms with E-state index < -0.39 is 0 Å². The van der Waals surface area contributed by atoms with Gasteiger partial charge < -0.3 is 10.0 Å². The van der Waals surface area contributed by atoms with Crippen LogP contribution in [0.5, 0.6) is 0 Å². The number of likely N-dealkylation sites (N-methyl/N-ethyl adjacent to an activating group) is 1. The van der Waals surface area contributed by atoms with Crippen LogP contribution < -0.4 is 0 Å². The summed E-state index contributed by atoms with van der Waals surface area (Å²) in [5, 5.41) is 14.1. The Bertz CT molecular complexity index is 618. The van der Waals surface area contributed by atoms with Crippen LogP contribution in [0.4, 0.5) is 0 Å². The molecule has 5 heteroatoms. The molecule has 22 heavy (non-hydrogen) atoms. The molecule has 1 atom stereocenters. The lowest BCUT2D eigenvalue weighted by Crippen LogP contribution is -2.36. The Hall–Kier alpha value is -2.14. The maximum absolute atomic E-state index is 12.2. The zero-order valence-corrected chi connectivity index (χ0v) is 12.7. The summed E-state index contributed by atoms with van der Waals surface area (Å²) in [6.45, 7) is 0.425. The van der Waals surface area contributed by atoms with Crippen LogP contribution in [-0.4, -0.2) is 45.4 Å². The van der Waals surface area contributed by atoms with Crippen molar-refractivity contribution in [2.24, 2.45) is 5.92 Å². The molecule has 1 aromatic carbocycles. The molecule has 116 valence electrons. The average Bonchev–Trinajstić information content (AvgIpc) is 3.23. The topological polar surface area (TPSA) is 58.4 Å². The molecule has 0 aliphatic heterocycles. The number of nitrogens with zero attached hydrogens (tertiary/aromatic N) is 3. The van der Waals surface area contributed by atoms with Crippen LogP contribution in [0.1, 0.15) is 18.4 Å². The van der Waals surface area contributed by atoms with Crippen molar-refractivity contribution >= 4 is 5.91 Å². The highest BCUT2D eigenvalue weighted by Crippen LogP contribution is 2.32. The Kier molecular flexibility index (Phi) is 4.24. The highest BCUT2D eigenvalue weighted by molar-refractivity contribution is 5.78. The van der Waals surface area contributed by atoms with Crippen molar-refractivity contribution in [3.63, 3.8) is 0 Å². The first-order chi connectivity index (χ1) is 10.6. The molecule has 0 spiro atoms. The van der Waals surface area contributed by atoms with E-state index in [-0.39, 0.29) is 12.0 Å². The lowest BCUT2D eigenvalue weighted by Gasteiger charge is -2.20. The number of hydrogen-bond acceptors (Lipinski definition) is 3. The van der Waals surface area contributed by atoms with Gasteiger partial charge in [0.1, 0.15) is 0 Å². The molecular formula is C17H21N3O2. The van der Waals surface area contributed by atoms with Gasteiger partial charge in [-0.25, -0.2) is 4.68 Å². The maximum Gasteiger partial charge on any atom is 0.226 e. The standard InChI is InChI=1S/C17H21N3O2/c1-19(12-16(21)14-5-6-14)17(22)11-13-3-7-15(8-4-13)20-10-2-9-18-20/h2-4,7-10,14,16,21H,5-6,11-12H2,1H3. The first-order valence-electron chi connectivity index (χ1n) is 7.64. The highest BCUT2D eigenvalue weighted by atomic mass is 16.3. The smallest absolute Gasteiger partial charge is 0.226 e. The molecule has 5 nitrogen and oxygen atoms in total. The molecule has 0 radical (unpaired) electrons. The average molecular weight is 299 g/mol. The number of amides is 1. The SMILES string of the molecule is CN(CC(O)C1CC1)C(=O)Cc1ccc(-n2cccn2)cc1. The van der Waals surface area contributed by atoms with Gasteiger partial charge in [0.05, 0.1) is 18.2 Å². The monoisotopic (exact) mass is 299 g/mol. The second-order valence-corrected chi connectivity index (χ2v) is 5.97. The van der Waals surface area contributed by atoms with E-state index in [0.717, 1.165) is 24.1 Å². The number of aliphatic hydroxyl groups excluding tert-OH is 1. The normalized spacial score (nSPS) is 15.5. The molecule has 1 aliphatic carbocycles. The first kappa shape index (κ1) is 14.8. The van der Waals surface area contributed by atoms with E-state index in [1.54, 1.807) is 22.8 Å². The number of aliphatic hydroxyl groups is 1. The van der Waals surface area contributed by atoms with Crippen LogP contribution in [0.15, 0.2) is 42.7 Å². The lowest BCUT2D eigenvalue weighted by molar-refractivity contribution is -0.130. The summed E-state index contributed by atoms with van der Waals surface area (Å²) in [5.41, 5.74) is 1.94. The molecule has 1 heterocycles. The van der Waals surface area contributed by atoms with Gasteiger partial charge in [0.25, 0.3) is 0 Å². The van der Waals surface area contributed by atoms with Gasteiger partial charge in [0.15, 0.2) is 0 Å². The molecule has 1 aliphatic rings. The van der Waals surface area contributed by atoms with E-state index in [9.17, 15) is 9.90 Å². The number of carbonyl (C=O) groups is 1. The number of rotatable bonds is 6. The van der Waals surface area contributed by atoms with E-state index in [0.29, 0.717) is 18.9 Å². The summed E-state index contributed by atoms with van der Waals surface area (Å²) in [6.07, 6.45) is 5.75. The van der Waals surface area contributed by atoms with Crippen molar-refractivity contribution in [3.05, 3.63) is 48.3 Å². The van der Waals surface area contributed by atoms with Crippen molar-refractivity contribution in [2.75, 3.05) is 13.6 Å². The molecule has 1 amide bonds. The molecule has 0 saturated heterocycles. The second kappa shape index (κ2) is 6.32. The Morgan fingerprint density at radius 2 is 2.14 bits per heavy atom. The summed E-state index contributed by atoms with van der Waals surface area (Å²) >= 11 is 0. The van der Waals surface area contributed by atoms with Gasteiger partial charge in [-0.3, -0.25) is 4.79 Å². The van der Waals surface area contributed by atoms with Crippen LogP contribution in [0.3, 0.4) is 0 Å². The fourth-order valence-corrected chi connectivity index (χ4v) is 2.51. The number of benzene rings is 1. The lowest BCUT2D eigenvalue weighted by atomic mass is 10.1. The van der Waals surface area contributed by atoms with Gasteiger partial charge in [0.2, 0.25) is 5.91 Å². The zero-order chi connectivity index (χ0) is 15.5. The second-order valence-electron chi connectivity index (χ2n) is 5.97. The molecule has 2 aromatic rings. The molecule has 1 N–H and O–H groups in total. The zero-order valence-electron chi connectivity index (χ0n) is 12.7. The fourth-order valence-electron chi connectivity index (χ4n) is 2.51. The van der Waals surface area contributed by atoms with E-state index in [4.69, 9.17) is 0 Å². The molecule has 1 fully saturated rings. The van der Waals surface area contributed by atoms with Crippen molar-refractivity contribution in [1.29, 1.82) is 0 Å². The van der Waals surface area contributed by atoms with Gasteiger partial charge in [-0.1, -0.05) is 12.1 Å². The minimum Gasteiger partial charge on any atom is -0.391 e. The third-order valence-corrected chi connectivity index (χ3v) is 4.11. The van der Waals surface area contributed by atoms with Gasteiger partial charge in [0, 0.05) is 26.0 Å². The molecule has 1 aromatic heterocycles. The molecule has 1 unspecified atom stereocenters. The van der Waals surface area contributed by atoms with Crippen LogP contribution in [0.2, 0.25) is 0 Å². The highest BCUT2D eigenvalue weighted by Gasteiger charge is 2.31. The predicted molar refractivity (Wildman–Crippen MR) is 83.6 cm³/mol. The van der Waals surface area contributed by atoms with Crippen molar-refractivity contribution < 1.29 is 9.90 Å². The van der Waals surface area contributed by atoms with Crippen LogP contribution in [0.25, 0.3) is 5.69 Å². The van der Waals surface area contributed by atoms with E-state index >= 15 is 0 Å². The van der Waals surface area contributed by atoms with Crippen molar-refractivity contribution in [1.82, 2.24) is 14.7 Å². The predicted octanol–water partition coefficient (Wildman–Crippen LogP) is 1.64.